The summed E-state index contributed by atoms with van der Waals surface area (Å²) in [6.45, 7) is 1.72. The van der Waals surface area contributed by atoms with Crippen molar-refractivity contribution in [3.8, 4) is 0 Å². The van der Waals surface area contributed by atoms with Crippen LogP contribution in [0.5, 0.6) is 0 Å². The Hall–Kier alpha value is -0.860. The molecule has 2 aliphatic carbocycles. The van der Waals surface area contributed by atoms with E-state index in [0.717, 1.165) is 12.3 Å². The summed E-state index contributed by atoms with van der Waals surface area (Å²) in [7, 11) is 0. The lowest BCUT2D eigenvalue weighted by molar-refractivity contribution is -0.520. The molecule has 2 aliphatic rings. The molecule has 0 N–H and O–H groups in total. The molecule has 2 bridgehead atoms. The van der Waals surface area contributed by atoms with Crippen molar-refractivity contribution < 1.29 is 4.92 Å². The molecule has 13 heavy (non-hydrogen) atoms. The SMILES string of the molecule is CC(C[C@@H]1C[C@@H]2C=C[C@H]1C2)[N+](=O)[O-]. The van der Waals surface area contributed by atoms with E-state index in [1.54, 1.807) is 6.92 Å². The minimum atomic E-state index is -0.363. The highest BCUT2D eigenvalue weighted by atomic mass is 16.6. The Morgan fingerprint density at radius 2 is 2.31 bits per heavy atom. The van der Waals surface area contributed by atoms with Crippen molar-refractivity contribution in [3.63, 3.8) is 0 Å². The zero-order chi connectivity index (χ0) is 9.42. The molecule has 1 unspecified atom stereocenters. The van der Waals surface area contributed by atoms with Gasteiger partial charge in [-0.2, -0.15) is 0 Å². The molecule has 0 amide bonds. The van der Waals surface area contributed by atoms with E-state index in [0.29, 0.717) is 11.8 Å². The lowest BCUT2D eigenvalue weighted by Crippen LogP contribution is -2.21. The second-order valence-electron chi connectivity index (χ2n) is 4.41. The Balaban J connectivity index is 1.90. The standard InChI is InChI=1S/C10H15NO2/c1-7(11(12)13)4-10-6-8-2-3-9(10)5-8/h2-3,7-10H,4-6H2,1H3/t7?,8-,9+,10-/m1/s1. The van der Waals surface area contributed by atoms with Crippen LogP contribution in [0.15, 0.2) is 12.2 Å². The van der Waals surface area contributed by atoms with Crippen molar-refractivity contribution in [1.82, 2.24) is 0 Å². The quantitative estimate of drug-likeness (QED) is 0.381. The van der Waals surface area contributed by atoms with Crippen LogP contribution < -0.4 is 0 Å². The highest BCUT2D eigenvalue weighted by Gasteiger charge is 2.37. The minimum absolute atomic E-state index is 0.157. The van der Waals surface area contributed by atoms with Gasteiger partial charge in [0, 0.05) is 18.3 Å². The predicted molar refractivity (Wildman–Crippen MR) is 49.9 cm³/mol. The summed E-state index contributed by atoms with van der Waals surface area (Å²) in [5.74, 6) is 1.96. The highest BCUT2D eigenvalue weighted by molar-refractivity contribution is 5.10. The third-order valence-corrected chi connectivity index (χ3v) is 3.42. The molecule has 3 nitrogen and oxygen atoms in total. The molecule has 0 aromatic carbocycles. The van der Waals surface area contributed by atoms with Crippen LogP contribution in [0.3, 0.4) is 0 Å². The first-order chi connectivity index (χ1) is 6.16. The smallest absolute Gasteiger partial charge is 0.210 e. The third kappa shape index (κ3) is 1.60. The lowest BCUT2D eigenvalue weighted by atomic mass is 9.88. The first kappa shape index (κ1) is 8.73. The van der Waals surface area contributed by atoms with Gasteiger partial charge in [-0.3, -0.25) is 10.1 Å². The molecule has 4 atom stereocenters. The van der Waals surface area contributed by atoms with Crippen LogP contribution in [0.1, 0.15) is 26.2 Å². The van der Waals surface area contributed by atoms with Gasteiger partial charge in [-0.1, -0.05) is 12.2 Å². The van der Waals surface area contributed by atoms with Crippen LogP contribution in [0, 0.1) is 27.9 Å². The van der Waals surface area contributed by atoms with E-state index >= 15 is 0 Å². The maximum absolute atomic E-state index is 10.5. The van der Waals surface area contributed by atoms with Gasteiger partial charge in [-0.25, -0.2) is 0 Å². The Morgan fingerprint density at radius 1 is 1.54 bits per heavy atom. The molecule has 72 valence electrons. The van der Waals surface area contributed by atoms with Crippen LogP contribution >= 0.6 is 0 Å². The van der Waals surface area contributed by atoms with Crippen molar-refractivity contribution in [3.05, 3.63) is 22.3 Å². The summed E-state index contributed by atoms with van der Waals surface area (Å²) in [4.78, 5) is 10.3. The molecule has 0 aromatic heterocycles. The predicted octanol–water partition coefficient (Wildman–Crippen LogP) is 2.25. The molecule has 0 saturated heterocycles. The second-order valence-corrected chi connectivity index (χ2v) is 4.41. The van der Waals surface area contributed by atoms with E-state index in [-0.39, 0.29) is 11.0 Å². The Labute approximate surface area is 78.0 Å². The number of nitro groups is 1. The van der Waals surface area contributed by atoms with Gasteiger partial charge in [0.25, 0.3) is 0 Å². The van der Waals surface area contributed by atoms with Gasteiger partial charge in [0.15, 0.2) is 0 Å². The molecule has 0 spiro atoms. The molecular formula is C10H15NO2. The fourth-order valence-corrected chi connectivity index (χ4v) is 2.69. The zero-order valence-electron chi connectivity index (χ0n) is 7.85. The number of hydrogen-bond donors (Lipinski definition) is 0. The third-order valence-electron chi connectivity index (χ3n) is 3.42. The van der Waals surface area contributed by atoms with Crippen LogP contribution in [-0.4, -0.2) is 11.0 Å². The topological polar surface area (TPSA) is 43.1 Å². The molecule has 1 saturated carbocycles. The zero-order valence-corrected chi connectivity index (χ0v) is 7.85. The van der Waals surface area contributed by atoms with Crippen molar-refractivity contribution in [2.45, 2.75) is 32.2 Å². The molecule has 0 aliphatic heterocycles. The first-order valence-corrected chi connectivity index (χ1v) is 4.98. The van der Waals surface area contributed by atoms with Crippen molar-refractivity contribution in [2.24, 2.45) is 17.8 Å². The average molecular weight is 181 g/mol. The number of fused-ring (bicyclic) bond motifs is 2. The number of hydrogen-bond acceptors (Lipinski definition) is 2. The van der Waals surface area contributed by atoms with Gasteiger partial charge < -0.3 is 0 Å². The van der Waals surface area contributed by atoms with Crippen LogP contribution in [0.2, 0.25) is 0 Å². The van der Waals surface area contributed by atoms with Crippen LogP contribution in [-0.2, 0) is 0 Å². The van der Waals surface area contributed by atoms with Gasteiger partial charge in [-0.15, -0.1) is 0 Å². The molecule has 0 aromatic rings. The van der Waals surface area contributed by atoms with Crippen molar-refractivity contribution in [1.29, 1.82) is 0 Å². The largest absolute Gasteiger partial charge is 0.264 e. The normalized spacial score (nSPS) is 38.1. The van der Waals surface area contributed by atoms with E-state index < -0.39 is 0 Å². The van der Waals surface area contributed by atoms with E-state index in [2.05, 4.69) is 12.2 Å². The molecule has 3 heteroatoms. The van der Waals surface area contributed by atoms with Crippen molar-refractivity contribution >= 4 is 0 Å². The number of rotatable bonds is 3. The van der Waals surface area contributed by atoms with Crippen LogP contribution in [0.25, 0.3) is 0 Å². The fraction of sp³-hybridized carbons (Fsp3) is 0.800. The maximum atomic E-state index is 10.5. The maximum Gasteiger partial charge on any atom is 0.210 e. The van der Waals surface area contributed by atoms with Gasteiger partial charge in [0.2, 0.25) is 6.04 Å². The molecular weight excluding hydrogens is 166 g/mol. The van der Waals surface area contributed by atoms with E-state index in [9.17, 15) is 10.1 Å². The summed E-state index contributed by atoms with van der Waals surface area (Å²) in [6, 6.07) is -0.363. The van der Waals surface area contributed by atoms with E-state index in [1.807, 2.05) is 0 Å². The minimum Gasteiger partial charge on any atom is -0.264 e. The van der Waals surface area contributed by atoms with Gasteiger partial charge >= 0.3 is 0 Å². The van der Waals surface area contributed by atoms with Gasteiger partial charge in [-0.05, 0) is 30.6 Å². The van der Waals surface area contributed by atoms with Gasteiger partial charge in [0.05, 0.1) is 0 Å². The summed E-state index contributed by atoms with van der Waals surface area (Å²) >= 11 is 0. The Morgan fingerprint density at radius 3 is 2.77 bits per heavy atom. The summed E-state index contributed by atoms with van der Waals surface area (Å²) in [5.41, 5.74) is 0. The van der Waals surface area contributed by atoms with Crippen molar-refractivity contribution in [2.75, 3.05) is 0 Å². The molecule has 0 heterocycles. The average Bonchev–Trinajstić information content (AvgIpc) is 2.64. The van der Waals surface area contributed by atoms with E-state index in [4.69, 9.17) is 0 Å². The summed E-state index contributed by atoms with van der Waals surface area (Å²) < 4.78 is 0. The first-order valence-electron chi connectivity index (χ1n) is 4.98. The van der Waals surface area contributed by atoms with Crippen LogP contribution in [0.4, 0.5) is 0 Å². The monoisotopic (exact) mass is 181 g/mol. The second kappa shape index (κ2) is 3.13. The molecule has 1 fully saturated rings. The fourth-order valence-electron chi connectivity index (χ4n) is 2.69. The Kier molecular flexibility index (Phi) is 2.10. The highest BCUT2D eigenvalue weighted by Crippen LogP contribution is 2.45. The molecule has 0 radical (unpaired) electrons. The Bertz CT molecular complexity index is 249. The molecule has 2 rings (SSSR count). The number of allylic oxidation sites excluding steroid dienone is 2. The van der Waals surface area contributed by atoms with E-state index in [1.165, 1.54) is 12.8 Å². The summed E-state index contributed by atoms with van der Waals surface area (Å²) in [5, 5.41) is 10.5. The summed E-state index contributed by atoms with van der Waals surface area (Å²) in [6.07, 6.45) is 7.72. The van der Waals surface area contributed by atoms with Gasteiger partial charge in [0.1, 0.15) is 0 Å². The lowest BCUT2D eigenvalue weighted by Gasteiger charge is -2.17. The number of nitrogens with zero attached hydrogens (tertiary/aromatic N) is 1.